The molecule has 0 aliphatic heterocycles. The van der Waals surface area contributed by atoms with Crippen molar-refractivity contribution in [2.24, 2.45) is 5.90 Å². The SMILES string of the molecule is CC1(ON)C=CC=C(/C=C(\C#N)c2ccccc2)C=C1. The van der Waals surface area contributed by atoms with E-state index >= 15 is 0 Å². The van der Waals surface area contributed by atoms with Crippen LogP contribution in [0.3, 0.4) is 0 Å². The van der Waals surface area contributed by atoms with E-state index in [-0.39, 0.29) is 0 Å². The fourth-order valence-corrected chi connectivity index (χ4v) is 1.86. The van der Waals surface area contributed by atoms with Crippen LogP contribution in [0.5, 0.6) is 0 Å². The molecule has 100 valence electrons. The molecule has 1 aromatic rings. The molecule has 0 bridgehead atoms. The van der Waals surface area contributed by atoms with Gasteiger partial charge >= 0.3 is 0 Å². The Balaban J connectivity index is 2.31. The molecule has 1 aliphatic carbocycles. The average molecular weight is 264 g/mol. The molecule has 1 aromatic carbocycles. The standard InChI is InChI=1S/C17H16N2O/c1-17(20-19)10-5-6-14(9-11-17)12-16(13-18)15-7-3-2-4-8-15/h2-12H,19H2,1H3/b16-12+. The lowest BCUT2D eigenvalue weighted by Crippen LogP contribution is -2.26. The van der Waals surface area contributed by atoms with Crippen LogP contribution in [0.15, 0.2) is 72.4 Å². The molecule has 1 aliphatic rings. The summed E-state index contributed by atoms with van der Waals surface area (Å²) in [6, 6.07) is 11.8. The Bertz CT molecular complexity index is 633. The number of rotatable bonds is 3. The van der Waals surface area contributed by atoms with E-state index in [4.69, 9.17) is 10.7 Å². The van der Waals surface area contributed by atoms with Gasteiger partial charge < -0.3 is 0 Å². The number of nitriles is 1. The van der Waals surface area contributed by atoms with Crippen molar-refractivity contribution in [3.63, 3.8) is 0 Å². The first-order valence-corrected chi connectivity index (χ1v) is 6.31. The van der Waals surface area contributed by atoms with Gasteiger partial charge in [-0.25, -0.2) is 5.90 Å². The van der Waals surface area contributed by atoms with Crippen LogP contribution in [0, 0.1) is 11.3 Å². The molecule has 3 nitrogen and oxygen atoms in total. The van der Waals surface area contributed by atoms with Gasteiger partial charge in [0, 0.05) is 0 Å². The van der Waals surface area contributed by atoms with Gasteiger partial charge in [0.1, 0.15) is 5.60 Å². The molecule has 20 heavy (non-hydrogen) atoms. The zero-order chi connectivity index (χ0) is 14.4. The molecule has 0 heterocycles. The van der Waals surface area contributed by atoms with Crippen molar-refractivity contribution < 1.29 is 4.84 Å². The summed E-state index contributed by atoms with van der Waals surface area (Å²) in [6.07, 6.45) is 11.3. The summed E-state index contributed by atoms with van der Waals surface area (Å²) in [5.74, 6) is 5.28. The predicted octanol–water partition coefficient (Wildman–Crippen LogP) is 3.29. The van der Waals surface area contributed by atoms with Crippen LogP contribution in [-0.4, -0.2) is 5.60 Å². The van der Waals surface area contributed by atoms with Crippen LogP contribution in [-0.2, 0) is 4.84 Å². The molecule has 0 spiro atoms. The van der Waals surface area contributed by atoms with Crippen molar-refractivity contribution in [2.75, 3.05) is 0 Å². The third-order valence-electron chi connectivity index (χ3n) is 3.09. The minimum atomic E-state index is -0.619. The first kappa shape index (κ1) is 14.0. The lowest BCUT2D eigenvalue weighted by molar-refractivity contribution is 0.0411. The largest absolute Gasteiger partial charge is 0.290 e. The van der Waals surface area contributed by atoms with Gasteiger partial charge in [-0.15, -0.1) is 0 Å². The summed E-state index contributed by atoms with van der Waals surface area (Å²) in [5, 5.41) is 9.30. The van der Waals surface area contributed by atoms with E-state index in [0.29, 0.717) is 5.57 Å². The number of nitrogens with zero attached hydrogens (tertiary/aromatic N) is 1. The number of benzene rings is 1. The van der Waals surface area contributed by atoms with E-state index in [2.05, 4.69) is 6.07 Å². The van der Waals surface area contributed by atoms with Crippen molar-refractivity contribution in [1.29, 1.82) is 5.26 Å². The number of hydrogen-bond donors (Lipinski definition) is 1. The highest BCUT2D eigenvalue weighted by Crippen LogP contribution is 2.21. The zero-order valence-electron chi connectivity index (χ0n) is 11.3. The molecule has 2 rings (SSSR count). The van der Waals surface area contributed by atoms with Gasteiger partial charge in [0.15, 0.2) is 0 Å². The fraction of sp³-hybridized carbons (Fsp3) is 0.118. The van der Waals surface area contributed by atoms with Gasteiger partial charge in [-0.1, -0.05) is 48.6 Å². The van der Waals surface area contributed by atoms with Crippen molar-refractivity contribution in [3.8, 4) is 6.07 Å². The maximum Gasteiger partial charge on any atom is 0.123 e. The molecule has 0 saturated heterocycles. The zero-order valence-corrected chi connectivity index (χ0v) is 11.3. The lowest BCUT2D eigenvalue weighted by atomic mass is 10.0. The number of nitrogens with two attached hydrogens (primary N) is 1. The highest BCUT2D eigenvalue weighted by molar-refractivity contribution is 5.79. The Hall–Kier alpha value is -2.41. The molecule has 1 atom stereocenters. The first-order chi connectivity index (χ1) is 9.67. The second-order valence-corrected chi connectivity index (χ2v) is 4.70. The summed E-state index contributed by atoms with van der Waals surface area (Å²) in [6.45, 7) is 1.86. The minimum Gasteiger partial charge on any atom is -0.290 e. The average Bonchev–Trinajstić information content (AvgIpc) is 2.68. The van der Waals surface area contributed by atoms with Gasteiger partial charge in [0.2, 0.25) is 0 Å². The summed E-state index contributed by atoms with van der Waals surface area (Å²) in [7, 11) is 0. The van der Waals surface area contributed by atoms with Crippen LogP contribution in [0.25, 0.3) is 5.57 Å². The molecule has 2 N–H and O–H groups in total. The van der Waals surface area contributed by atoms with Crippen LogP contribution >= 0.6 is 0 Å². The highest BCUT2D eigenvalue weighted by atomic mass is 16.6. The molecule has 0 aromatic heterocycles. The van der Waals surface area contributed by atoms with Crippen LogP contribution < -0.4 is 5.90 Å². The summed E-state index contributed by atoms with van der Waals surface area (Å²) in [5.41, 5.74) is 1.82. The topological polar surface area (TPSA) is 59.0 Å². The van der Waals surface area contributed by atoms with Gasteiger partial charge in [-0.2, -0.15) is 5.26 Å². The Morgan fingerprint density at radius 3 is 2.70 bits per heavy atom. The smallest absolute Gasteiger partial charge is 0.123 e. The van der Waals surface area contributed by atoms with Crippen LogP contribution in [0.2, 0.25) is 0 Å². The van der Waals surface area contributed by atoms with E-state index < -0.39 is 5.60 Å². The molecule has 0 radical (unpaired) electrons. The maximum atomic E-state index is 9.30. The third kappa shape index (κ3) is 3.33. The monoisotopic (exact) mass is 264 g/mol. The first-order valence-electron chi connectivity index (χ1n) is 6.31. The fourth-order valence-electron chi connectivity index (χ4n) is 1.86. The lowest BCUT2D eigenvalue weighted by Gasteiger charge is -2.17. The van der Waals surface area contributed by atoms with Gasteiger partial charge in [0.05, 0.1) is 11.6 Å². The van der Waals surface area contributed by atoms with E-state index in [0.717, 1.165) is 11.1 Å². The molecule has 1 unspecified atom stereocenters. The summed E-state index contributed by atoms with van der Waals surface area (Å²) >= 11 is 0. The quantitative estimate of drug-likeness (QED) is 0.673. The van der Waals surface area contributed by atoms with E-state index in [1.165, 1.54) is 0 Å². The molecule has 0 fully saturated rings. The predicted molar refractivity (Wildman–Crippen MR) is 80.1 cm³/mol. The Morgan fingerprint density at radius 1 is 1.30 bits per heavy atom. The number of hydrogen-bond acceptors (Lipinski definition) is 3. The number of allylic oxidation sites excluding steroid dienone is 6. The van der Waals surface area contributed by atoms with Crippen LogP contribution in [0.4, 0.5) is 0 Å². The molecular weight excluding hydrogens is 248 g/mol. The third-order valence-corrected chi connectivity index (χ3v) is 3.09. The maximum absolute atomic E-state index is 9.30. The van der Waals surface area contributed by atoms with Crippen molar-refractivity contribution in [3.05, 3.63) is 77.9 Å². The molecule has 0 saturated carbocycles. The van der Waals surface area contributed by atoms with E-state index in [9.17, 15) is 5.26 Å². The normalized spacial score (nSPS) is 22.1. The van der Waals surface area contributed by atoms with Crippen molar-refractivity contribution in [2.45, 2.75) is 12.5 Å². The minimum absolute atomic E-state index is 0.618. The van der Waals surface area contributed by atoms with Crippen molar-refractivity contribution in [1.82, 2.24) is 0 Å². The Morgan fingerprint density at radius 2 is 2.05 bits per heavy atom. The Kier molecular flexibility index (Phi) is 4.31. The van der Waals surface area contributed by atoms with Crippen LogP contribution in [0.1, 0.15) is 12.5 Å². The second kappa shape index (κ2) is 6.16. The molecular formula is C17H16N2O. The summed E-state index contributed by atoms with van der Waals surface area (Å²) < 4.78 is 0. The highest BCUT2D eigenvalue weighted by Gasteiger charge is 2.17. The van der Waals surface area contributed by atoms with Gasteiger partial charge in [0.25, 0.3) is 0 Å². The van der Waals surface area contributed by atoms with E-state index in [1.807, 2.05) is 73.7 Å². The molecule has 3 heteroatoms. The van der Waals surface area contributed by atoms with Gasteiger partial charge in [-0.05, 0) is 36.3 Å². The Labute approximate surface area is 118 Å². The van der Waals surface area contributed by atoms with E-state index in [1.54, 1.807) is 0 Å². The van der Waals surface area contributed by atoms with Crippen molar-refractivity contribution >= 4 is 5.57 Å². The second-order valence-electron chi connectivity index (χ2n) is 4.70. The summed E-state index contributed by atoms with van der Waals surface area (Å²) in [4.78, 5) is 4.93. The molecule has 0 amide bonds. The van der Waals surface area contributed by atoms with Gasteiger partial charge in [-0.3, -0.25) is 4.84 Å².